The Morgan fingerprint density at radius 3 is 2.71 bits per heavy atom. The molecule has 2 rings (SSSR count). The minimum absolute atomic E-state index is 0.948. The predicted octanol–water partition coefficient (Wildman–Crippen LogP) is 3.71. The molecule has 1 aromatic carbocycles. The molecule has 1 N–H and O–H groups in total. The molecule has 0 amide bonds. The zero-order chi connectivity index (χ0) is 9.97. The molecule has 14 heavy (non-hydrogen) atoms. The minimum atomic E-state index is 0.948. The Balaban J connectivity index is 1.87. The Bertz CT molecular complexity index is 321. The molecule has 0 saturated heterocycles. The number of hydrogen-bond donors (Lipinski definition) is 1. The van der Waals surface area contributed by atoms with Crippen LogP contribution in [0.3, 0.4) is 0 Å². The van der Waals surface area contributed by atoms with Crippen LogP contribution in [0.5, 0.6) is 0 Å². The Morgan fingerprint density at radius 1 is 1.29 bits per heavy atom. The lowest BCUT2D eigenvalue weighted by atomic mass is 10.2. The van der Waals surface area contributed by atoms with Crippen LogP contribution in [0.2, 0.25) is 0 Å². The molecule has 0 spiro atoms. The molecule has 1 saturated carbocycles. The lowest BCUT2D eigenvalue weighted by Gasteiger charge is -2.06. The van der Waals surface area contributed by atoms with Crippen LogP contribution in [-0.2, 0) is 6.54 Å². The molecule has 76 valence electrons. The molecule has 1 fully saturated rings. The number of hydrogen-bond acceptors (Lipinski definition) is 1. The van der Waals surface area contributed by atoms with Gasteiger partial charge in [-0.1, -0.05) is 37.9 Å². The lowest BCUT2D eigenvalue weighted by molar-refractivity contribution is 0.637. The summed E-state index contributed by atoms with van der Waals surface area (Å²) >= 11 is 7.01. The fourth-order valence-electron chi connectivity index (χ4n) is 1.40. The molecule has 1 nitrogen and oxygen atoms in total. The Morgan fingerprint density at radius 2 is 2.07 bits per heavy atom. The molecule has 0 bridgehead atoms. The maximum atomic E-state index is 3.56. The monoisotopic (exact) mass is 317 g/mol. The van der Waals surface area contributed by atoms with Crippen molar-refractivity contribution in [3.05, 3.63) is 32.7 Å². The highest BCUT2D eigenvalue weighted by Crippen LogP contribution is 2.28. The molecular formula is C11H13Br2N. The van der Waals surface area contributed by atoms with Crippen LogP contribution in [0, 0.1) is 5.92 Å². The van der Waals surface area contributed by atoms with Gasteiger partial charge >= 0.3 is 0 Å². The molecule has 0 atom stereocenters. The highest BCUT2D eigenvalue weighted by atomic mass is 79.9. The molecule has 1 aromatic rings. The van der Waals surface area contributed by atoms with E-state index < -0.39 is 0 Å². The molecule has 1 aliphatic rings. The second-order valence-corrected chi connectivity index (χ2v) is 5.58. The molecule has 1 aliphatic carbocycles. The van der Waals surface area contributed by atoms with E-state index in [1.165, 1.54) is 29.4 Å². The van der Waals surface area contributed by atoms with E-state index in [9.17, 15) is 0 Å². The molecule has 0 aromatic heterocycles. The third-order valence-electron chi connectivity index (χ3n) is 2.46. The summed E-state index contributed by atoms with van der Waals surface area (Å²) in [4.78, 5) is 0. The highest BCUT2D eigenvalue weighted by Gasteiger charge is 2.20. The molecule has 0 aliphatic heterocycles. The van der Waals surface area contributed by atoms with Crippen molar-refractivity contribution in [2.24, 2.45) is 5.92 Å². The van der Waals surface area contributed by atoms with Crippen molar-refractivity contribution in [1.82, 2.24) is 5.32 Å². The van der Waals surface area contributed by atoms with Gasteiger partial charge < -0.3 is 5.32 Å². The fraction of sp³-hybridized carbons (Fsp3) is 0.455. The van der Waals surface area contributed by atoms with Crippen molar-refractivity contribution >= 4 is 31.9 Å². The molecule has 0 radical (unpaired) electrons. The first-order valence-electron chi connectivity index (χ1n) is 4.90. The standard InChI is InChI=1S/C11H13Br2N/c12-10-4-3-9(11(13)5-10)7-14-6-8-1-2-8/h3-5,8,14H,1-2,6-7H2. The van der Waals surface area contributed by atoms with Gasteiger partial charge in [0.2, 0.25) is 0 Å². The van der Waals surface area contributed by atoms with Crippen LogP contribution in [0.4, 0.5) is 0 Å². The largest absolute Gasteiger partial charge is 0.312 e. The van der Waals surface area contributed by atoms with Crippen LogP contribution < -0.4 is 5.32 Å². The Kier molecular flexibility index (Phi) is 3.63. The van der Waals surface area contributed by atoms with Gasteiger partial charge in [-0.3, -0.25) is 0 Å². The summed E-state index contributed by atoms with van der Waals surface area (Å²) in [6, 6.07) is 6.32. The summed E-state index contributed by atoms with van der Waals surface area (Å²) in [6.45, 7) is 2.13. The number of rotatable bonds is 4. The molecule has 0 heterocycles. The first-order chi connectivity index (χ1) is 6.75. The second-order valence-electron chi connectivity index (χ2n) is 3.81. The highest BCUT2D eigenvalue weighted by molar-refractivity contribution is 9.11. The summed E-state index contributed by atoms with van der Waals surface area (Å²) in [5.74, 6) is 0.948. The predicted molar refractivity (Wildman–Crippen MR) is 66.3 cm³/mol. The first kappa shape index (κ1) is 10.7. The van der Waals surface area contributed by atoms with E-state index in [0.29, 0.717) is 0 Å². The van der Waals surface area contributed by atoms with Gasteiger partial charge in [0.1, 0.15) is 0 Å². The third kappa shape index (κ3) is 3.07. The van der Waals surface area contributed by atoms with E-state index in [0.717, 1.165) is 16.9 Å². The van der Waals surface area contributed by atoms with Gasteiger partial charge in [0.05, 0.1) is 0 Å². The van der Waals surface area contributed by atoms with Crippen molar-refractivity contribution in [3.63, 3.8) is 0 Å². The van der Waals surface area contributed by atoms with Crippen molar-refractivity contribution in [2.45, 2.75) is 19.4 Å². The van der Waals surface area contributed by atoms with Crippen LogP contribution in [-0.4, -0.2) is 6.54 Å². The maximum Gasteiger partial charge on any atom is 0.0231 e. The normalized spacial score (nSPS) is 15.9. The van der Waals surface area contributed by atoms with Gasteiger partial charge in [-0.2, -0.15) is 0 Å². The van der Waals surface area contributed by atoms with E-state index in [-0.39, 0.29) is 0 Å². The van der Waals surface area contributed by atoms with E-state index in [4.69, 9.17) is 0 Å². The van der Waals surface area contributed by atoms with E-state index in [2.05, 4.69) is 55.4 Å². The van der Waals surface area contributed by atoms with Gasteiger partial charge in [-0.15, -0.1) is 0 Å². The minimum Gasteiger partial charge on any atom is -0.312 e. The average molecular weight is 319 g/mol. The van der Waals surface area contributed by atoms with Gasteiger partial charge in [0.15, 0.2) is 0 Å². The summed E-state index contributed by atoms with van der Waals surface area (Å²) in [5, 5.41) is 3.48. The van der Waals surface area contributed by atoms with Gasteiger partial charge in [0.25, 0.3) is 0 Å². The van der Waals surface area contributed by atoms with Gasteiger partial charge in [0, 0.05) is 15.5 Å². The zero-order valence-electron chi connectivity index (χ0n) is 7.89. The van der Waals surface area contributed by atoms with Crippen molar-refractivity contribution in [3.8, 4) is 0 Å². The Hall–Kier alpha value is 0.140. The molecule has 3 heteroatoms. The number of halogens is 2. The molecule has 0 unspecified atom stereocenters. The van der Waals surface area contributed by atoms with E-state index in [1.54, 1.807) is 0 Å². The van der Waals surface area contributed by atoms with Crippen LogP contribution in [0.25, 0.3) is 0 Å². The topological polar surface area (TPSA) is 12.0 Å². The first-order valence-corrected chi connectivity index (χ1v) is 6.49. The third-order valence-corrected chi connectivity index (χ3v) is 3.69. The summed E-state index contributed by atoms with van der Waals surface area (Å²) in [6.07, 6.45) is 2.82. The number of nitrogens with one attached hydrogen (secondary N) is 1. The average Bonchev–Trinajstić information content (AvgIpc) is 2.92. The van der Waals surface area contributed by atoms with Crippen LogP contribution in [0.1, 0.15) is 18.4 Å². The SMILES string of the molecule is Brc1ccc(CNCC2CC2)c(Br)c1. The van der Waals surface area contributed by atoms with Crippen LogP contribution in [0.15, 0.2) is 27.1 Å². The lowest BCUT2D eigenvalue weighted by Crippen LogP contribution is -2.16. The zero-order valence-corrected chi connectivity index (χ0v) is 11.1. The van der Waals surface area contributed by atoms with Crippen molar-refractivity contribution in [2.75, 3.05) is 6.54 Å². The second kappa shape index (κ2) is 4.77. The quantitative estimate of drug-likeness (QED) is 0.892. The summed E-state index contributed by atoms with van der Waals surface area (Å²) < 4.78 is 2.30. The van der Waals surface area contributed by atoms with E-state index >= 15 is 0 Å². The Labute approximate surface area is 102 Å². The van der Waals surface area contributed by atoms with E-state index in [1.807, 2.05) is 0 Å². The molecular weight excluding hydrogens is 306 g/mol. The summed E-state index contributed by atoms with van der Waals surface area (Å²) in [5.41, 5.74) is 1.33. The summed E-state index contributed by atoms with van der Waals surface area (Å²) in [7, 11) is 0. The van der Waals surface area contributed by atoms with Gasteiger partial charge in [-0.05, 0) is 43.0 Å². The van der Waals surface area contributed by atoms with Crippen molar-refractivity contribution in [1.29, 1.82) is 0 Å². The number of benzene rings is 1. The smallest absolute Gasteiger partial charge is 0.0231 e. The van der Waals surface area contributed by atoms with Crippen molar-refractivity contribution < 1.29 is 0 Å². The van der Waals surface area contributed by atoms with Gasteiger partial charge in [-0.25, -0.2) is 0 Å². The maximum absolute atomic E-state index is 3.56. The fourth-order valence-corrected chi connectivity index (χ4v) is 2.59. The van der Waals surface area contributed by atoms with Crippen LogP contribution >= 0.6 is 31.9 Å².